The van der Waals surface area contributed by atoms with E-state index >= 15 is 0 Å². The third kappa shape index (κ3) is 1.10. The molecule has 0 aromatic heterocycles. The minimum atomic E-state index is -1.03. The molecule has 1 aliphatic rings. The maximum Gasteiger partial charge on any atom is 0.339 e. The molecule has 0 radical (unpaired) electrons. The normalized spacial score (nSPS) is 18.8. The Morgan fingerprint density at radius 3 is 2.93 bits per heavy atom. The highest BCUT2D eigenvalue weighted by atomic mass is 16.5. The van der Waals surface area contributed by atoms with Crippen molar-refractivity contribution in [3.63, 3.8) is 0 Å². The quantitative estimate of drug-likeness (QED) is 0.560. The average molecular weight is 194 g/mol. The van der Waals surface area contributed by atoms with E-state index in [4.69, 9.17) is 21.3 Å². The molecule has 0 fully saturated rings. The predicted octanol–water partition coefficient (Wildman–Crippen LogP) is 0.359. The molecule has 1 unspecified atom stereocenters. The van der Waals surface area contributed by atoms with Gasteiger partial charge in [-0.3, -0.25) is 0 Å². The molecule has 74 valence electrons. The maximum absolute atomic E-state index is 10.8. The number of hydrogen-bond acceptors (Lipinski definition) is 4. The van der Waals surface area contributed by atoms with E-state index in [2.05, 4.69) is 0 Å². The molecule has 0 amide bonds. The number of anilines is 1. The first-order chi connectivity index (χ1) is 6.61. The highest BCUT2D eigenvalue weighted by Crippen LogP contribution is 2.38. The molecule has 0 saturated carbocycles. The lowest BCUT2D eigenvalue weighted by Crippen LogP contribution is -2.12. The molecule has 1 aromatic carbocycles. The molecule has 2 rings (SSSR count). The lowest BCUT2D eigenvalue weighted by Gasteiger charge is -2.07. The number of rotatable bonds is 1. The number of nitrogen functional groups attached to an aromatic ring is 1. The summed E-state index contributed by atoms with van der Waals surface area (Å²) in [5.74, 6) is -0.722. The van der Waals surface area contributed by atoms with E-state index in [9.17, 15) is 4.79 Å². The zero-order valence-electron chi connectivity index (χ0n) is 7.36. The summed E-state index contributed by atoms with van der Waals surface area (Å²) in [4.78, 5) is 10.8. The molecule has 0 saturated heterocycles. The Morgan fingerprint density at radius 2 is 2.29 bits per heavy atom. The summed E-state index contributed by atoms with van der Waals surface area (Å²) in [5.41, 5.74) is 12.6. The molecule has 5 nitrogen and oxygen atoms in total. The van der Waals surface area contributed by atoms with Gasteiger partial charge in [-0.2, -0.15) is 0 Å². The van der Waals surface area contributed by atoms with Crippen LogP contribution in [0.25, 0.3) is 0 Å². The highest BCUT2D eigenvalue weighted by molar-refractivity contribution is 5.93. The number of nitrogens with two attached hydrogens (primary N) is 2. The van der Waals surface area contributed by atoms with E-state index in [0.29, 0.717) is 17.0 Å². The van der Waals surface area contributed by atoms with Crippen molar-refractivity contribution in [3.05, 3.63) is 23.3 Å². The topological polar surface area (TPSA) is 98.6 Å². The molecule has 0 spiro atoms. The second-order valence-corrected chi connectivity index (χ2v) is 3.17. The van der Waals surface area contributed by atoms with Crippen LogP contribution in [0.4, 0.5) is 5.69 Å². The number of benzene rings is 1. The van der Waals surface area contributed by atoms with Crippen molar-refractivity contribution in [2.45, 2.75) is 6.04 Å². The van der Waals surface area contributed by atoms with Crippen LogP contribution < -0.4 is 16.2 Å². The molecule has 14 heavy (non-hydrogen) atoms. The van der Waals surface area contributed by atoms with E-state index in [1.165, 1.54) is 12.1 Å². The van der Waals surface area contributed by atoms with Crippen LogP contribution in [-0.2, 0) is 0 Å². The molecule has 5 heteroatoms. The van der Waals surface area contributed by atoms with Crippen LogP contribution in [0, 0.1) is 0 Å². The molecule has 0 aliphatic carbocycles. The summed E-state index contributed by atoms with van der Waals surface area (Å²) in [6.45, 7) is 0.282. The van der Waals surface area contributed by atoms with Crippen LogP contribution in [-0.4, -0.2) is 17.7 Å². The van der Waals surface area contributed by atoms with Gasteiger partial charge >= 0.3 is 5.97 Å². The van der Waals surface area contributed by atoms with Crippen molar-refractivity contribution >= 4 is 11.7 Å². The lowest BCUT2D eigenvalue weighted by molar-refractivity contribution is 0.0693. The Labute approximate surface area is 80.3 Å². The van der Waals surface area contributed by atoms with Crippen LogP contribution in [0.1, 0.15) is 22.0 Å². The lowest BCUT2D eigenvalue weighted by atomic mass is 10.0. The van der Waals surface area contributed by atoms with Crippen molar-refractivity contribution < 1.29 is 14.6 Å². The molecule has 1 atom stereocenters. The largest absolute Gasteiger partial charge is 0.490 e. The van der Waals surface area contributed by atoms with Gasteiger partial charge < -0.3 is 21.3 Å². The van der Waals surface area contributed by atoms with Gasteiger partial charge in [0.25, 0.3) is 0 Å². The van der Waals surface area contributed by atoms with Crippen LogP contribution >= 0.6 is 0 Å². The molecule has 1 aliphatic heterocycles. The first kappa shape index (κ1) is 8.83. The third-order valence-corrected chi connectivity index (χ3v) is 2.24. The average Bonchev–Trinajstić information content (AvgIpc) is 2.49. The first-order valence-corrected chi connectivity index (χ1v) is 4.15. The van der Waals surface area contributed by atoms with Gasteiger partial charge in [0.05, 0.1) is 6.04 Å². The minimum Gasteiger partial charge on any atom is -0.490 e. The fourth-order valence-corrected chi connectivity index (χ4v) is 1.58. The summed E-state index contributed by atoms with van der Waals surface area (Å²) in [5, 5.41) is 8.86. The second kappa shape index (κ2) is 2.88. The predicted molar refractivity (Wildman–Crippen MR) is 50.2 cm³/mol. The standard InChI is InChI=1S/C9H10N2O3/c10-5-2-1-4(9(12)13)8-7(5)6(11)3-14-8/h1-2,6H,3,10-11H2,(H,12,13). The van der Waals surface area contributed by atoms with Gasteiger partial charge in [0.15, 0.2) is 0 Å². The Bertz CT molecular complexity index is 403. The fourth-order valence-electron chi connectivity index (χ4n) is 1.58. The van der Waals surface area contributed by atoms with E-state index in [0.717, 1.165) is 0 Å². The number of ether oxygens (including phenoxy) is 1. The van der Waals surface area contributed by atoms with E-state index in [1.807, 2.05) is 0 Å². The second-order valence-electron chi connectivity index (χ2n) is 3.17. The van der Waals surface area contributed by atoms with Crippen LogP contribution in [0.5, 0.6) is 5.75 Å². The van der Waals surface area contributed by atoms with Gasteiger partial charge in [-0.1, -0.05) is 0 Å². The molecular formula is C9H10N2O3. The van der Waals surface area contributed by atoms with Crippen molar-refractivity contribution in [2.75, 3.05) is 12.3 Å². The first-order valence-electron chi connectivity index (χ1n) is 4.15. The Kier molecular flexibility index (Phi) is 1.82. The number of aromatic carboxylic acids is 1. The van der Waals surface area contributed by atoms with Gasteiger partial charge in [0.1, 0.15) is 17.9 Å². The van der Waals surface area contributed by atoms with Gasteiger partial charge in [-0.15, -0.1) is 0 Å². The minimum absolute atomic E-state index is 0.113. The summed E-state index contributed by atoms with van der Waals surface area (Å²) in [7, 11) is 0. The molecule has 5 N–H and O–H groups in total. The summed E-state index contributed by atoms with van der Waals surface area (Å²) < 4.78 is 5.20. The van der Waals surface area contributed by atoms with Crippen LogP contribution in [0.2, 0.25) is 0 Å². The number of carbonyl (C=O) groups is 1. The smallest absolute Gasteiger partial charge is 0.339 e. The number of carboxylic acid groups (broad SMARTS) is 1. The highest BCUT2D eigenvalue weighted by Gasteiger charge is 2.28. The van der Waals surface area contributed by atoms with Gasteiger partial charge in [-0.05, 0) is 12.1 Å². The Balaban J connectivity index is 2.64. The van der Waals surface area contributed by atoms with Crippen LogP contribution in [0.15, 0.2) is 12.1 Å². The van der Waals surface area contributed by atoms with E-state index < -0.39 is 5.97 Å². The SMILES string of the molecule is Nc1ccc(C(=O)O)c2c1C(N)CO2. The Morgan fingerprint density at radius 1 is 1.57 bits per heavy atom. The zero-order chi connectivity index (χ0) is 10.3. The van der Waals surface area contributed by atoms with E-state index in [1.54, 1.807) is 0 Å². The third-order valence-electron chi connectivity index (χ3n) is 2.24. The monoisotopic (exact) mass is 194 g/mol. The number of fused-ring (bicyclic) bond motifs is 1. The molecular weight excluding hydrogens is 184 g/mol. The van der Waals surface area contributed by atoms with Crippen molar-refractivity contribution in [1.29, 1.82) is 0 Å². The summed E-state index contributed by atoms with van der Waals surface area (Å²) in [6, 6.07) is 2.63. The van der Waals surface area contributed by atoms with Crippen LogP contribution in [0.3, 0.4) is 0 Å². The maximum atomic E-state index is 10.8. The van der Waals surface area contributed by atoms with Gasteiger partial charge in [0, 0.05) is 11.3 Å². The molecule has 1 heterocycles. The Hall–Kier alpha value is -1.75. The van der Waals surface area contributed by atoms with Gasteiger partial charge in [-0.25, -0.2) is 4.79 Å². The van der Waals surface area contributed by atoms with E-state index in [-0.39, 0.29) is 18.2 Å². The van der Waals surface area contributed by atoms with Crippen molar-refractivity contribution in [1.82, 2.24) is 0 Å². The fraction of sp³-hybridized carbons (Fsp3) is 0.222. The summed E-state index contributed by atoms with van der Waals surface area (Å²) in [6.07, 6.45) is 0. The van der Waals surface area contributed by atoms with Crippen molar-refractivity contribution in [3.8, 4) is 5.75 Å². The number of carboxylic acids is 1. The van der Waals surface area contributed by atoms with Crippen molar-refractivity contribution in [2.24, 2.45) is 5.73 Å². The number of hydrogen-bond donors (Lipinski definition) is 3. The molecule has 1 aromatic rings. The zero-order valence-corrected chi connectivity index (χ0v) is 7.36. The van der Waals surface area contributed by atoms with Gasteiger partial charge in [0.2, 0.25) is 0 Å². The summed E-state index contributed by atoms with van der Waals surface area (Å²) >= 11 is 0. The molecule has 0 bridgehead atoms.